The number of rotatable bonds is 5. The first kappa shape index (κ1) is 15.5. The van der Waals surface area contributed by atoms with Gasteiger partial charge in [-0.15, -0.1) is 0 Å². The van der Waals surface area contributed by atoms with E-state index in [0.29, 0.717) is 5.57 Å². The molecule has 0 radical (unpaired) electrons. The minimum atomic E-state index is -0.914. The molecule has 2 unspecified atom stereocenters. The number of carbonyl (C=O) groups excluding carboxylic acids is 1. The van der Waals surface area contributed by atoms with Crippen molar-refractivity contribution in [3.63, 3.8) is 0 Å². The van der Waals surface area contributed by atoms with Crippen LogP contribution in [0.2, 0.25) is 0 Å². The van der Waals surface area contributed by atoms with Crippen molar-refractivity contribution in [3.05, 3.63) is 34.9 Å². The zero-order valence-electron chi connectivity index (χ0n) is 12.4. The van der Waals surface area contributed by atoms with Crippen molar-refractivity contribution in [3.8, 4) is 5.75 Å². The Labute approximate surface area is 123 Å². The molecule has 114 valence electrons. The summed E-state index contributed by atoms with van der Waals surface area (Å²) in [5.74, 6) is 0.391. The third-order valence-electron chi connectivity index (χ3n) is 3.68. The molecule has 2 atom stereocenters. The first-order chi connectivity index (χ1) is 9.97. The second kappa shape index (κ2) is 6.28. The molecule has 1 aromatic rings. The largest absolute Gasteiger partial charge is 0.496 e. The lowest BCUT2D eigenvalue weighted by Gasteiger charge is -2.18. The van der Waals surface area contributed by atoms with Crippen molar-refractivity contribution in [2.75, 3.05) is 13.7 Å². The lowest BCUT2D eigenvalue weighted by Crippen LogP contribution is -2.22. The van der Waals surface area contributed by atoms with E-state index in [0.717, 1.165) is 22.4 Å². The summed E-state index contributed by atoms with van der Waals surface area (Å²) in [6, 6.07) is 5.64. The quantitative estimate of drug-likeness (QED) is 0.803. The zero-order valence-corrected chi connectivity index (χ0v) is 12.4. The number of methoxy groups -OCH3 is 1. The zero-order chi connectivity index (χ0) is 15.6. The van der Waals surface area contributed by atoms with Crippen LogP contribution in [0.4, 0.5) is 0 Å². The number of esters is 1. The molecular weight excluding hydrogens is 272 g/mol. The number of aliphatic hydroxyl groups is 2. The molecule has 0 aromatic heterocycles. The van der Waals surface area contributed by atoms with E-state index in [1.165, 1.54) is 0 Å². The fraction of sp³-hybridized carbons (Fsp3) is 0.438. The Kier molecular flexibility index (Phi) is 4.65. The first-order valence-electron chi connectivity index (χ1n) is 6.83. The van der Waals surface area contributed by atoms with Crippen LogP contribution in [-0.4, -0.2) is 42.1 Å². The summed E-state index contributed by atoms with van der Waals surface area (Å²) in [6.45, 7) is 3.28. The predicted octanol–water partition coefficient (Wildman–Crippen LogP) is 1.45. The van der Waals surface area contributed by atoms with Crippen molar-refractivity contribution in [1.29, 1.82) is 0 Å². The van der Waals surface area contributed by atoms with Crippen molar-refractivity contribution in [2.24, 2.45) is 0 Å². The van der Waals surface area contributed by atoms with Gasteiger partial charge in [-0.2, -0.15) is 0 Å². The van der Waals surface area contributed by atoms with E-state index < -0.39 is 12.2 Å². The molecule has 2 rings (SSSR count). The molecule has 0 amide bonds. The molecule has 5 heteroatoms. The molecule has 0 aliphatic carbocycles. The van der Waals surface area contributed by atoms with Gasteiger partial charge in [-0.25, -0.2) is 4.79 Å². The van der Waals surface area contributed by atoms with Gasteiger partial charge in [0.15, 0.2) is 0 Å². The minimum Gasteiger partial charge on any atom is -0.496 e. The average Bonchev–Trinajstić information content (AvgIpc) is 2.73. The normalized spacial score (nSPS) is 19.7. The number of aliphatic hydroxyl groups excluding tert-OH is 2. The monoisotopic (exact) mass is 292 g/mol. The Balaban J connectivity index is 2.37. The molecular formula is C16H20O5. The van der Waals surface area contributed by atoms with Crippen LogP contribution < -0.4 is 4.74 Å². The second-order valence-electron chi connectivity index (χ2n) is 5.19. The van der Waals surface area contributed by atoms with Crippen molar-refractivity contribution in [1.82, 2.24) is 0 Å². The number of hydrogen-bond acceptors (Lipinski definition) is 5. The van der Waals surface area contributed by atoms with E-state index in [-0.39, 0.29) is 19.0 Å². The van der Waals surface area contributed by atoms with Gasteiger partial charge in [-0.3, -0.25) is 0 Å². The summed E-state index contributed by atoms with van der Waals surface area (Å²) in [5.41, 5.74) is 3.12. The highest BCUT2D eigenvalue weighted by Crippen LogP contribution is 2.35. The van der Waals surface area contributed by atoms with Gasteiger partial charge in [0.1, 0.15) is 11.9 Å². The van der Waals surface area contributed by atoms with E-state index in [2.05, 4.69) is 0 Å². The lowest BCUT2D eigenvalue weighted by atomic mass is 9.93. The van der Waals surface area contributed by atoms with Crippen LogP contribution in [0, 0.1) is 6.92 Å². The van der Waals surface area contributed by atoms with Crippen LogP contribution in [0.1, 0.15) is 24.5 Å². The summed E-state index contributed by atoms with van der Waals surface area (Å²) in [6.07, 6.45) is -1.27. The van der Waals surface area contributed by atoms with E-state index in [4.69, 9.17) is 14.6 Å². The fourth-order valence-corrected chi connectivity index (χ4v) is 2.56. The number of benzene rings is 1. The van der Waals surface area contributed by atoms with E-state index >= 15 is 0 Å². The SMILES string of the molecule is COc1ccc(C2=C(C)C(=O)OC2CC(O)CO)cc1C. The maximum atomic E-state index is 11.8. The van der Waals surface area contributed by atoms with Crippen LogP contribution in [0.15, 0.2) is 23.8 Å². The van der Waals surface area contributed by atoms with Crippen molar-refractivity contribution >= 4 is 11.5 Å². The molecule has 1 aromatic carbocycles. The minimum absolute atomic E-state index is 0.181. The van der Waals surface area contributed by atoms with Gasteiger partial charge >= 0.3 is 5.97 Å². The standard InChI is InChI=1S/C16H20O5/c1-9-6-11(4-5-13(9)20-3)15-10(2)16(19)21-14(15)7-12(18)8-17/h4-6,12,14,17-18H,7-8H2,1-3H3. The van der Waals surface area contributed by atoms with Gasteiger partial charge in [0, 0.05) is 17.6 Å². The lowest BCUT2D eigenvalue weighted by molar-refractivity contribution is -0.140. The molecule has 1 aliphatic rings. The van der Waals surface area contributed by atoms with Gasteiger partial charge in [-0.05, 0) is 37.1 Å². The van der Waals surface area contributed by atoms with E-state index in [1.807, 2.05) is 25.1 Å². The van der Waals surface area contributed by atoms with Gasteiger partial charge in [0.2, 0.25) is 0 Å². The molecule has 0 saturated heterocycles. The summed E-state index contributed by atoms with van der Waals surface area (Å²) in [7, 11) is 1.61. The summed E-state index contributed by atoms with van der Waals surface area (Å²) in [5, 5.41) is 18.6. The van der Waals surface area contributed by atoms with Crippen LogP contribution >= 0.6 is 0 Å². The maximum Gasteiger partial charge on any atom is 0.334 e. The average molecular weight is 292 g/mol. The molecule has 0 spiro atoms. The van der Waals surface area contributed by atoms with Gasteiger partial charge in [0.05, 0.1) is 19.8 Å². The number of aryl methyl sites for hydroxylation is 1. The molecule has 1 aliphatic heterocycles. The molecule has 21 heavy (non-hydrogen) atoms. The van der Waals surface area contributed by atoms with Gasteiger partial charge in [0.25, 0.3) is 0 Å². The van der Waals surface area contributed by atoms with E-state index in [1.54, 1.807) is 14.0 Å². The van der Waals surface area contributed by atoms with Crippen molar-refractivity contribution < 1.29 is 24.5 Å². The molecule has 1 heterocycles. The summed E-state index contributed by atoms with van der Waals surface area (Å²) in [4.78, 5) is 11.8. The molecule has 0 bridgehead atoms. The number of cyclic esters (lactones) is 1. The predicted molar refractivity (Wildman–Crippen MR) is 77.9 cm³/mol. The fourth-order valence-electron chi connectivity index (χ4n) is 2.56. The Morgan fingerprint density at radius 3 is 2.67 bits per heavy atom. The topological polar surface area (TPSA) is 76.0 Å². The third-order valence-corrected chi connectivity index (χ3v) is 3.68. The van der Waals surface area contributed by atoms with E-state index in [9.17, 15) is 9.90 Å². The van der Waals surface area contributed by atoms with Crippen LogP contribution in [0.25, 0.3) is 5.57 Å². The van der Waals surface area contributed by atoms with Crippen LogP contribution in [-0.2, 0) is 9.53 Å². The molecule has 2 N–H and O–H groups in total. The van der Waals surface area contributed by atoms with Gasteiger partial charge in [-0.1, -0.05) is 6.07 Å². The summed E-state index contributed by atoms with van der Waals surface area (Å²) >= 11 is 0. The van der Waals surface area contributed by atoms with Crippen molar-refractivity contribution in [2.45, 2.75) is 32.5 Å². The van der Waals surface area contributed by atoms with Crippen LogP contribution in [0.5, 0.6) is 5.75 Å². The molecule has 5 nitrogen and oxygen atoms in total. The highest BCUT2D eigenvalue weighted by Gasteiger charge is 2.33. The second-order valence-corrected chi connectivity index (χ2v) is 5.19. The highest BCUT2D eigenvalue weighted by atomic mass is 16.5. The Morgan fingerprint density at radius 2 is 2.10 bits per heavy atom. The third kappa shape index (κ3) is 3.09. The highest BCUT2D eigenvalue weighted by molar-refractivity contribution is 6.02. The first-order valence-corrected chi connectivity index (χ1v) is 6.83. The van der Waals surface area contributed by atoms with Gasteiger partial charge < -0.3 is 19.7 Å². The number of hydrogen-bond donors (Lipinski definition) is 2. The van der Waals surface area contributed by atoms with Crippen LogP contribution in [0.3, 0.4) is 0 Å². The smallest absolute Gasteiger partial charge is 0.334 e. The molecule has 0 saturated carbocycles. The Hall–Kier alpha value is -1.85. The Bertz CT molecular complexity index is 576. The summed E-state index contributed by atoms with van der Waals surface area (Å²) < 4.78 is 10.5. The number of ether oxygens (including phenoxy) is 2. The molecule has 0 fully saturated rings. The Morgan fingerprint density at radius 1 is 1.38 bits per heavy atom. The maximum absolute atomic E-state index is 11.8. The number of carbonyl (C=O) groups is 1.